The fourth-order valence-corrected chi connectivity index (χ4v) is 5.68. The lowest BCUT2D eigenvalue weighted by molar-refractivity contribution is 0.0632. The lowest BCUT2D eigenvalue weighted by Crippen LogP contribution is -2.42. The first kappa shape index (κ1) is 29.3. The van der Waals surface area contributed by atoms with Crippen molar-refractivity contribution in [1.29, 1.82) is 0 Å². The summed E-state index contributed by atoms with van der Waals surface area (Å²) in [6, 6.07) is 23.0. The summed E-state index contributed by atoms with van der Waals surface area (Å²) in [6.45, 7) is 7.45. The summed E-state index contributed by atoms with van der Waals surface area (Å²) in [5.74, 6) is 0.540. The molecular weight excluding hydrogens is 524 g/mol. The molecule has 0 radical (unpaired) electrons. The number of fused-ring (bicyclic) bond motifs is 1. The van der Waals surface area contributed by atoms with Crippen LogP contribution in [0, 0.1) is 0 Å². The number of urea groups is 1. The van der Waals surface area contributed by atoms with Crippen LogP contribution in [0.3, 0.4) is 0 Å². The smallest absolute Gasteiger partial charge is 0.324 e. The number of nitrogens with one attached hydrogen (secondary N) is 2. The molecule has 3 aromatic carbocycles. The minimum absolute atomic E-state index is 0.0172. The maximum absolute atomic E-state index is 13.8. The third-order valence-corrected chi connectivity index (χ3v) is 7.97. The normalized spacial score (nSPS) is 14.1. The zero-order valence-electron chi connectivity index (χ0n) is 24.9. The van der Waals surface area contributed by atoms with Crippen molar-refractivity contribution < 1.29 is 9.59 Å². The summed E-state index contributed by atoms with van der Waals surface area (Å²) in [7, 11) is 0. The van der Waals surface area contributed by atoms with Crippen molar-refractivity contribution in [3.05, 3.63) is 84.1 Å². The van der Waals surface area contributed by atoms with E-state index in [0.717, 1.165) is 54.3 Å². The molecule has 220 valence electrons. The van der Waals surface area contributed by atoms with E-state index in [1.165, 1.54) is 6.42 Å². The van der Waals surface area contributed by atoms with Crippen LogP contribution in [0.15, 0.2) is 72.8 Å². The van der Waals surface area contributed by atoms with Gasteiger partial charge in [-0.15, -0.1) is 0 Å². The van der Waals surface area contributed by atoms with Gasteiger partial charge in [-0.3, -0.25) is 10.1 Å². The largest absolute Gasteiger partial charge is 0.336 e. The Kier molecular flexibility index (Phi) is 8.92. The van der Waals surface area contributed by atoms with Crippen molar-refractivity contribution in [3.8, 4) is 5.69 Å². The van der Waals surface area contributed by atoms with Gasteiger partial charge in [0.15, 0.2) is 0 Å². The van der Waals surface area contributed by atoms with Gasteiger partial charge in [0, 0.05) is 35.0 Å². The van der Waals surface area contributed by atoms with Crippen molar-refractivity contribution in [2.75, 3.05) is 23.7 Å². The number of hydrogen-bond acceptors (Lipinski definition) is 4. The standard InChI is InChI=1S/C34H42N6O2/c1-34(2,3)30-23-31(37-33(42)36-29-19-10-13-24-12-7-8-18-28(24)29)40(38-30)27-17-9-14-25(22-27)32(41)39(21-11-20-35)26-15-5-4-6-16-26/h7-10,12-14,17-19,22-23,26H,4-6,11,15-16,20-21,35H2,1-3H3,(H2,36,37,42). The summed E-state index contributed by atoms with van der Waals surface area (Å²) in [6.07, 6.45) is 6.36. The molecule has 4 aromatic rings. The Balaban J connectivity index is 1.44. The maximum Gasteiger partial charge on any atom is 0.324 e. The number of nitrogens with two attached hydrogens (primary N) is 1. The third kappa shape index (κ3) is 6.65. The van der Waals surface area contributed by atoms with Crippen molar-refractivity contribution in [1.82, 2.24) is 14.7 Å². The van der Waals surface area contributed by atoms with Gasteiger partial charge in [-0.05, 0) is 55.5 Å². The fourth-order valence-electron chi connectivity index (χ4n) is 5.68. The zero-order valence-corrected chi connectivity index (χ0v) is 24.9. The quantitative estimate of drug-likeness (QED) is 0.212. The van der Waals surface area contributed by atoms with Gasteiger partial charge in [-0.25, -0.2) is 9.48 Å². The molecule has 1 aromatic heterocycles. The van der Waals surface area contributed by atoms with E-state index in [0.29, 0.717) is 30.2 Å². The summed E-state index contributed by atoms with van der Waals surface area (Å²) in [4.78, 5) is 29.1. The molecule has 1 aliphatic rings. The van der Waals surface area contributed by atoms with Crippen molar-refractivity contribution in [2.24, 2.45) is 5.73 Å². The van der Waals surface area contributed by atoms with E-state index in [4.69, 9.17) is 10.8 Å². The van der Waals surface area contributed by atoms with Crippen LogP contribution in [-0.2, 0) is 5.41 Å². The number of nitrogens with zero attached hydrogens (tertiary/aromatic N) is 3. The van der Waals surface area contributed by atoms with E-state index in [1.807, 2.05) is 77.7 Å². The van der Waals surface area contributed by atoms with Crippen LogP contribution in [0.25, 0.3) is 16.5 Å². The molecule has 0 bridgehead atoms. The van der Waals surface area contributed by atoms with Crippen LogP contribution in [0.4, 0.5) is 16.3 Å². The van der Waals surface area contributed by atoms with E-state index < -0.39 is 0 Å². The molecule has 1 heterocycles. The molecule has 8 nitrogen and oxygen atoms in total. The topological polar surface area (TPSA) is 105 Å². The number of amides is 3. The molecule has 1 saturated carbocycles. The summed E-state index contributed by atoms with van der Waals surface area (Å²) in [5.41, 5.74) is 8.44. The molecule has 8 heteroatoms. The SMILES string of the molecule is CC(C)(C)c1cc(NC(=O)Nc2cccc3ccccc23)n(-c2cccc(C(=O)N(CCCN)C3CCCCC3)c2)n1. The summed E-state index contributed by atoms with van der Waals surface area (Å²) >= 11 is 0. The minimum Gasteiger partial charge on any atom is -0.336 e. The van der Waals surface area contributed by atoms with E-state index >= 15 is 0 Å². The number of hydrogen-bond donors (Lipinski definition) is 3. The molecule has 0 spiro atoms. The highest BCUT2D eigenvalue weighted by molar-refractivity contribution is 6.06. The molecule has 0 aliphatic heterocycles. The lowest BCUT2D eigenvalue weighted by Gasteiger charge is -2.34. The van der Waals surface area contributed by atoms with E-state index in [9.17, 15) is 9.59 Å². The molecule has 4 N–H and O–H groups in total. The minimum atomic E-state index is -0.370. The van der Waals surface area contributed by atoms with Gasteiger partial charge < -0.3 is 16.0 Å². The van der Waals surface area contributed by atoms with E-state index in [2.05, 4.69) is 31.4 Å². The van der Waals surface area contributed by atoms with Gasteiger partial charge in [0.25, 0.3) is 5.91 Å². The molecule has 5 rings (SSSR count). The predicted octanol–water partition coefficient (Wildman–Crippen LogP) is 7.09. The monoisotopic (exact) mass is 566 g/mol. The van der Waals surface area contributed by atoms with Crippen molar-refractivity contribution in [2.45, 2.75) is 70.8 Å². The highest BCUT2D eigenvalue weighted by Gasteiger charge is 2.27. The molecule has 0 atom stereocenters. The molecule has 3 amide bonds. The zero-order chi connectivity index (χ0) is 29.7. The van der Waals surface area contributed by atoms with Crippen LogP contribution >= 0.6 is 0 Å². The Bertz CT molecular complexity index is 1540. The van der Waals surface area contributed by atoms with Crippen LogP contribution in [0.5, 0.6) is 0 Å². The first-order chi connectivity index (χ1) is 20.2. The summed E-state index contributed by atoms with van der Waals surface area (Å²) < 4.78 is 1.71. The second kappa shape index (κ2) is 12.8. The van der Waals surface area contributed by atoms with Crippen LogP contribution in [-0.4, -0.2) is 45.8 Å². The average molecular weight is 567 g/mol. The lowest BCUT2D eigenvalue weighted by atomic mass is 9.92. The van der Waals surface area contributed by atoms with Crippen LogP contribution < -0.4 is 16.4 Å². The van der Waals surface area contributed by atoms with Crippen molar-refractivity contribution in [3.63, 3.8) is 0 Å². The highest BCUT2D eigenvalue weighted by Crippen LogP contribution is 2.29. The molecule has 1 fully saturated rings. The first-order valence-corrected chi connectivity index (χ1v) is 15.0. The highest BCUT2D eigenvalue weighted by atomic mass is 16.2. The number of aromatic nitrogens is 2. The molecule has 1 aliphatic carbocycles. The molecule has 42 heavy (non-hydrogen) atoms. The number of carbonyl (C=O) groups excluding carboxylic acids is 2. The Hall–Kier alpha value is -4.17. The predicted molar refractivity (Wildman–Crippen MR) is 170 cm³/mol. The number of anilines is 2. The third-order valence-electron chi connectivity index (χ3n) is 7.97. The number of rotatable bonds is 8. The Morgan fingerprint density at radius 3 is 2.45 bits per heavy atom. The maximum atomic E-state index is 13.8. The van der Waals surface area contributed by atoms with Gasteiger partial charge >= 0.3 is 6.03 Å². The molecule has 0 saturated heterocycles. The van der Waals surface area contributed by atoms with Gasteiger partial charge in [0.05, 0.1) is 17.1 Å². The van der Waals surface area contributed by atoms with E-state index in [-0.39, 0.29) is 23.4 Å². The summed E-state index contributed by atoms with van der Waals surface area (Å²) in [5, 5.41) is 12.9. The fraction of sp³-hybridized carbons (Fsp3) is 0.382. The Morgan fingerprint density at radius 1 is 0.952 bits per heavy atom. The van der Waals surface area contributed by atoms with Gasteiger partial charge in [0.2, 0.25) is 0 Å². The van der Waals surface area contributed by atoms with Crippen molar-refractivity contribution >= 4 is 34.2 Å². The van der Waals surface area contributed by atoms with Crippen LogP contribution in [0.1, 0.15) is 75.3 Å². The van der Waals surface area contributed by atoms with Gasteiger partial charge in [-0.1, -0.05) is 82.5 Å². The second-order valence-corrected chi connectivity index (χ2v) is 12.2. The second-order valence-electron chi connectivity index (χ2n) is 12.2. The molecular formula is C34H42N6O2. The van der Waals surface area contributed by atoms with Gasteiger partial charge in [0.1, 0.15) is 5.82 Å². The average Bonchev–Trinajstić information content (AvgIpc) is 3.42. The number of benzene rings is 3. The van der Waals surface area contributed by atoms with Crippen LogP contribution in [0.2, 0.25) is 0 Å². The molecule has 0 unspecified atom stereocenters. The van der Waals surface area contributed by atoms with Gasteiger partial charge in [-0.2, -0.15) is 5.10 Å². The van der Waals surface area contributed by atoms with E-state index in [1.54, 1.807) is 4.68 Å². The number of carbonyl (C=O) groups is 2. The Labute approximate surface area is 248 Å². The first-order valence-electron chi connectivity index (χ1n) is 15.0. The Morgan fingerprint density at radius 2 is 1.69 bits per heavy atom.